The highest BCUT2D eigenvalue weighted by molar-refractivity contribution is 6.39. The normalized spacial score (nSPS) is 11.1. The summed E-state index contributed by atoms with van der Waals surface area (Å²) in [7, 11) is 1.79. The van der Waals surface area contributed by atoms with Gasteiger partial charge in [-0.3, -0.25) is 9.48 Å². The van der Waals surface area contributed by atoms with E-state index in [-0.39, 0.29) is 12.0 Å². The summed E-state index contributed by atoms with van der Waals surface area (Å²) >= 11 is 6.43. The zero-order valence-electron chi connectivity index (χ0n) is 14.5. The number of aromatic nitrogens is 3. The van der Waals surface area contributed by atoms with Crippen LogP contribution < -0.4 is 10.1 Å². The average molecular weight is 359 g/mol. The van der Waals surface area contributed by atoms with Gasteiger partial charge in [0, 0.05) is 18.9 Å². The number of nitrogens with one attached hydrogen (secondary N) is 1. The van der Waals surface area contributed by atoms with Gasteiger partial charge in [0.05, 0.1) is 27.8 Å². The summed E-state index contributed by atoms with van der Waals surface area (Å²) in [6.45, 7) is 5.76. The molecule has 0 radical (unpaired) electrons. The molecule has 0 spiro atoms. The molecule has 0 fully saturated rings. The van der Waals surface area contributed by atoms with Crippen LogP contribution >= 0.6 is 11.6 Å². The van der Waals surface area contributed by atoms with Crippen molar-refractivity contribution in [2.45, 2.75) is 26.9 Å². The molecule has 0 aliphatic carbocycles. The Kier molecular flexibility index (Phi) is 4.63. The first-order valence-electron chi connectivity index (χ1n) is 7.92. The quantitative estimate of drug-likeness (QED) is 0.766. The highest BCUT2D eigenvalue weighted by Gasteiger charge is 2.18. The number of amides is 1. The van der Waals surface area contributed by atoms with Crippen LogP contribution in [0, 0.1) is 6.92 Å². The number of halogens is 1. The van der Waals surface area contributed by atoms with Crippen LogP contribution in [0.25, 0.3) is 11.0 Å². The lowest BCUT2D eigenvalue weighted by Crippen LogP contribution is -2.13. The van der Waals surface area contributed by atoms with Crippen LogP contribution in [0.3, 0.4) is 0 Å². The van der Waals surface area contributed by atoms with Gasteiger partial charge in [-0.2, -0.15) is 5.10 Å². The van der Waals surface area contributed by atoms with Crippen molar-refractivity contribution >= 4 is 34.2 Å². The number of hydrogen-bond acceptors (Lipinski definition) is 4. The highest BCUT2D eigenvalue weighted by atomic mass is 35.5. The largest absolute Gasteiger partial charge is 0.491 e. The Morgan fingerprint density at radius 1 is 1.28 bits per heavy atom. The summed E-state index contributed by atoms with van der Waals surface area (Å²) < 4.78 is 7.23. The molecule has 1 aromatic carbocycles. The molecule has 3 rings (SSSR count). The zero-order valence-corrected chi connectivity index (χ0v) is 15.3. The van der Waals surface area contributed by atoms with E-state index in [0.29, 0.717) is 27.3 Å². The molecule has 0 aliphatic rings. The monoisotopic (exact) mass is 358 g/mol. The number of carbonyl (C=O) groups is 1. The van der Waals surface area contributed by atoms with Crippen LogP contribution in [-0.4, -0.2) is 26.8 Å². The fourth-order valence-corrected chi connectivity index (χ4v) is 2.97. The van der Waals surface area contributed by atoms with E-state index in [4.69, 9.17) is 16.3 Å². The van der Waals surface area contributed by atoms with Gasteiger partial charge in [-0.05, 0) is 45.0 Å². The SMILES string of the molecule is Cc1nn(C)c2ncc(C(=O)Nc3ccc(OC(C)C)cc3)c(Cl)c12. The van der Waals surface area contributed by atoms with E-state index in [2.05, 4.69) is 15.4 Å². The minimum Gasteiger partial charge on any atom is -0.491 e. The molecule has 6 nitrogen and oxygen atoms in total. The maximum atomic E-state index is 12.6. The molecule has 2 heterocycles. The molecular formula is C18H19ClN4O2. The smallest absolute Gasteiger partial charge is 0.258 e. The first kappa shape index (κ1) is 17.2. The van der Waals surface area contributed by atoms with E-state index >= 15 is 0 Å². The van der Waals surface area contributed by atoms with E-state index in [1.165, 1.54) is 6.20 Å². The lowest BCUT2D eigenvalue weighted by atomic mass is 10.2. The number of pyridine rings is 1. The molecule has 3 aromatic rings. The van der Waals surface area contributed by atoms with Crippen molar-refractivity contribution in [2.24, 2.45) is 7.05 Å². The van der Waals surface area contributed by atoms with E-state index < -0.39 is 0 Å². The number of nitrogens with zero attached hydrogens (tertiary/aromatic N) is 3. The van der Waals surface area contributed by atoms with Gasteiger partial charge in [-0.15, -0.1) is 0 Å². The number of carbonyl (C=O) groups excluding carboxylic acids is 1. The van der Waals surface area contributed by atoms with Gasteiger partial charge in [0.25, 0.3) is 5.91 Å². The summed E-state index contributed by atoms with van der Waals surface area (Å²) in [5.74, 6) is 0.431. The maximum absolute atomic E-state index is 12.6. The third-order valence-electron chi connectivity index (χ3n) is 3.69. The third-order valence-corrected chi connectivity index (χ3v) is 4.09. The Labute approximate surface area is 150 Å². The Hall–Kier alpha value is -2.60. The Balaban J connectivity index is 1.85. The topological polar surface area (TPSA) is 69.0 Å². The summed E-state index contributed by atoms with van der Waals surface area (Å²) in [4.78, 5) is 16.9. The van der Waals surface area contributed by atoms with Crippen LogP contribution in [0.4, 0.5) is 5.69 Å². The number of fused-ring (bicyclic) bond motifs is 1. The van der Waals surface area contributed by atoms with Crippen LogP contribution in [-0.2, 0) is 7.05 Å². The second-order valence-corrected chi connectivity index (χ2v) is 6.42. The predicted molar refractivity (Wildman–Crippen MR) is 98.4 cm³/mol. The van der Waals surface area contributed by atoms with Crippen molar-refractivity contribution in [1.29, 1.82) is 0 Å². The van der Waals surface area contributed by atoms with Crippen molar-refractivity contribution in [3.63, 3.8) is 0 Å². The van der Waals surface area contributed by atoms with Crippen molar-refractivity contribution in [3.05, 3.63) is 46.7 Å². The molecule has 2 aromatic heterocycles. The van der Waals surface area contributed by atoms with Crippen molar-refractivity contribution < 1.29 is 9.53 Å². The van der Waals surface area contributed by atoms with Crippen LogP contribution in [0.15, 0.2) is 30.5 Å². The van der Waals surface area contributed by atoms with E-state index in [1.807, 2.05) is 32.9 Å². The molecule has 0 saturated heterocycles. The molecule has 0 bridgehead atoms. The average Bonchev–Trinajstić information content (AvgIpc) is 2.84. The molecule has 1 amide bonds. The Morgan fingerprint density at radius 3 is 2.60 bits per heavy atom. The molecule has 25 heavy (non-hydrogen) atoms. The van der Waals surface area contributed by atoms with Crippen molar-refractivity contribution in [3.8, 4) is 5.75 Å². The minimum absolute atomic E-state index is 0.0970. The number of aryl methyl sites for hydroxylation is 2. The van der Waals surface area contributed by atoms with Gasteiger partial charge in [0.15, 0.2) is 5.65 Å². The first-order chi connectivity index (χ1) is 11.9. The minimum atomic E-state index is -0.319. The first-order valence-corrected chi connectivity index (χ1v) is 8.30. The summed E-state index contributed by atoms with van der Waals surface area (Å²) in [5, 5.41) is 8.16. The zero-order chi connectivity index (χ0) is 18.1. The fourth-order valence-electron chi connectivity index (χ4n) is 2.61. The van der Waals surface area contributed by atoms with Crippen LogP contribution in [0.5, 0.6) is 5.75 Å². The van der Waals surface area contributed by atoms with E-state index in [0.717, 1.165) is 11.4 Å². The molecule has 0 aliphatic heterocycles. The second-order valence-electron chi connectivity index (χ2n) is 6.04. The lowest BCUT2D eigenvalue weighted by Gasteiger charge is -2.11. The maximum Gasteiger partial charge on any atom is 0.258 e. The lowest BCUT2D eigenvalue weighted by molar-refractivity contribution is 0.102. The van der Waals surface area contributed by atoms with E-state index in [1.54, 1.807) is 23.9 Å². The van der Waals surface area contributed by atoms with Crippen molar-refractivity contribution in [2.75, 3.05) is 5.32 Å². The summed E-state index contributed by atoms with van der Waals surface area (Å²) in [6.07, 6.45) is 1.57. The number of rotatable bonds is 4. The van der Waals surface area contributed by atoms with Gasteiger partial charge in [0.1, 0.15) is 5.75 Å². The highest BCUT2D eigenvalue weighted by Crippen LogP contribution is 2.28. The van der Waals surface area contributed by atoms with Crippen LogP contribution in [0.2, 0.25) is 5.02 Å². The molecule has 1 N–H and O–H groups in total. The molecule has 0 atom stereocenters. The molecule has 0 saturated carbocycles. The molecular weight excluding hydrogens is 340 g/mol. The van der Waals surface area contributed by atoms with E-state index in [9.17, 15) is 4.79 Å². The fraction of sp³-hybridized carbons (Fsp3) is 0.278. The van der Waals surface area contributed by atoms with Crippen molar-refractivity contribution in [1.82, 2.24) is 14.8 Å². The standard InChI is InChI=1S/C18H19ClN4O2/c1-10(2)25-13-7-5-12(6-8-13)21-18(24)14-9-20-17-15(16(14)19)11(3)22-23(17)4/h5-10H,1-4H3,(H,21,24). The third kappa shape index (κ3) is 3.44. The molecule has 0 unspecified atom stereocenters. The van der Waals surface area contributed by atoms with Gasteiger partial charge >= 0.3 is 0 Å². The van der Waals surface area contributed by atoms with Gasteiger partial charge in [0.2, 0.25) is 0 Å². The number of benzene rings is 1. The summed E-state index contributed by atoms with van der Waals surface area (Å²) in [5.41, 5.74) is 2.35. The second kappa shape index (κ2) is 6.72. The van der Waals surface area contributed by atoms with Gasteiger partial charge in [-0.25, -0.2) is 4.98 Å². The van der Waals surface area contributed by atoms with Crippen LogP contribution in [0.1, 0.15) is 29.9 Å². The van der Waals surface area contributed by atoms with Gasteiger partial charge in [-0.1, -0.05) is 11.6 Å². The van der Waals surface area contributed by atoms with Gasteiger partial charge < -0.3 is 10.1 Å². The number of hydrogen-bond donors (Lipinski definition) is 1. The number of anilines is 1. The molecule has 7 heteroatoms. The Bertz CT molecular complexity index is 932. The summed E-state index contributed by atoms with van der Waals surface area (Å²) in [6, 6.07) is 7.18. The molecule has 130 valence electrons. The number of ether oxygens (including phenoxy) is 1. The Morgan fingerprint density at radius 2 is 1.96 bits per heavy atom. The predicted octanol–water partition coefficient (Wildman–Crippen LogP) is 3.97.